The third-order valence-corrected chi connectivity index (χ3v) is 6.12. The van der Waals surface area contributed by atoms with Crippen molar-refractivity contribution in [2.75, 3.05) is 45.2 Å². The van der Waals surface area contributed by atoms with Gasteiger partial charge in [-0.15, -0.1) is 24.0 Å². The second kappa shape index (κ2) is 13.6. The van der Waals surface area contributed by atoms with E-state index >= 15 is 0 Å². The molecule has 3 N–H and O–H groups in total. The summed E-state index contributed by atoms with van der Waals surface area (Å²) >= 11 is 0. The molecule has 1 saturated heterocycles. The summed E-state index contributed by atoms with van der Waals surface area (Å²) in [6, 6.07) is 8.46. The van der Waals surface area contributed by atoms with Crippen molar-refractivity contribution in [1.82, 2.24) is 16.0 Å². The zero-order valence-electron chi connectivity index (χ0n) is 18.9. The molecule has 31 heavy (non-hydrogen) atoms. The number of aliphatic imine (C=N–C) groups is 1. The Morgan fingerprint density at radius 1 is 1.13 bits per heavy atom. The second-order valence-corrected chi connectivity index (χ2v) is 8.30. The van der Waals surface area contributed by atoms with Gasteiger partial charge >= 0.3 is 0 Å². The van der Waals surface area contributed by atoms with Gasteiger partial charge in [-0.05, 0) is 37.3 Å². The molecule has 0 radical (unpaired) electrons. The van der Waals surface area contributed by atoms with Crippen LogP contribution in [0.15, 0.2) is 29.3 Å². The molecule has 0 spiro atoms. The van der Waals surface area contributed by atoms with E-state index < -0.39 is 0 Å². The Morgan fingerprint density at radius 2 is 1.87 bits per heavy atom. The van der Waals surface area contributed by atoms with Crippen molar-refractivity contribution in [1.29, 1.82) is 0 Å². The van der Waals surface area contributed by atoms with Crippen LogP contribution < -0.4 is 25.6 Å². The molecule has 8 heteroatoms. The Hall–Kier alpha value is -1.71. The van der Waals surface area contributed by atoms with Crippen molar-refractivity contribution in [3.05, 3.63) is 24.3 Å². The quantitative estimate of drug-likeness (QED) is 0.203. The molecule has 1 unspecified atom stereocenters. The van der Waals surface area contributed by atoms with Crippen LogP contribution in [0.2, 0.25) is 0 Å². The number of nitrogens with zero attached hydrogens (tertiary/aromatic N) is 2. The molecule has 2 aliphatic rings. The van der Waals surface area contributed by atoms with Gasteiger partial charge in [0.25, 0.3) is 0 Å². The van der Waals surface area contributed by atoms with Gasteiger partial charge in [0, 0.05) is 45.7 Å². The molecule has 2 fully saturated rings. The maximum atomic E-state index is 12.1. The number of anilines is 1. The first kappa shape index (κ1) is 25.5. The number of hydrogen-bond donors (Lipinski definition) is 3. The number of benzene rings is 1. The Morgan fingerprint density at radius 3 is 2.61 bits per heavy atom. The number of methoxy groups -OCH3 is 1. The highest BCUT2D eigenvalue weighted by Gasteiger charge is 2.25. The molecular formula is C23H38IN5O2. The molecule has 3 rings (SSSR count). The number of amides is 1. The number of halogens is 1. The second-order valence-electron chi connectivity index (χ2n) is 8.30. The third-order valence-electron chi connectivity index (χ3n) is 6.12. The van der Waals surface area contributed by atoms with Crippen molar-refractivity contribution in [3.8, 4) is 5.75 Å². The van der Waals surface area contributed by atoms with Gasteiger partial charge in [0.15, 0.2) is 5.96 Å². The summed E-state index contributed by atoms with van der Waals surface area (Å²) in [6.07, 6.45) is 8.00. The first-order chi connectivity index (χ1) is 14.7. The van der Waals surface area contributed by atoms with E-state index in [-0.39, 0.29) is 29.9 Å². The average Bonchev–Trinajstić information content (AvgIpc) is 3.24. The molecule has 0 bridgehead atoms. The van der Waals surface area contributed by atoms with E-state index in [2.05, 4.69) is 31.9 Å². The fourth-order valence-corrected chi connectivity index (χ4v) is 4.48. The van der Waals surface area contributed by atoms with Crippen molar-refractivity contribution < 1.29 is 9.53 Å². The standard InChI is InChI=1S/C23H37N5O2.HI/c1-24-23(26-14-13-25-22(29)16-18-8-4-3-5-9-18)27-19-12-15-28(17-19)20-10-6-7-11-21(20)30-2;/h6-7,10-11,18-19H,3-5,8-9,12-17H2,1-2H3,(H,25,29)(H2,24,26,27);1H. The summed E-state index contributed by atoms with van der Waals surface area (Å²) in [7, 11) is 3.49. The Balaban J connectivity index is 0.00000341. The molecule has 1 aromatic carbocycles. The molecule has 1 saturated carbocycles. The molecule has 0 aromatic heterocycles. The van der Waals surface area contributed by atoms with Gasteiger partial charge in [-0.2, -0.15) is 0 Å². The van der Waals surface area contributed by atoms with Crippen molar-refractivity contribution in [2.24, 2.45) is 10.9 Å². The zero-order chi connectivity index (χ0) is 21.2. The monoisotopic (exact) mass is 543 g/mol. The lowest BCUT2D eigenvalue weighted by Crippen LogP contribution is -2.46. The summed E-state index contributed by atoms with van der Waals surface area (Å²) in [5, 5.41) is 9.85. The van der Waals surface area contributed by atoms with Crippen molar-refractivity contribution in [2.45, 2.75) is 51.0 Å². The largest absolute Gasteiger partial charge is 0.495 e. The Bertz CT molecular complexity index is 709. The fourth-order valence-electron chi connectivity index (χ4n) is 4.48. The summed E-state index contributed by atoms with van der Waals surface area (Å²) in [5.41, 5.74) is 1.13. The maximum Gasteiger partial charge on any atom is 0.220 e. The normalized spacial score (nSPS) is 19.5. The fraction of sp³-hybridized carbons (Fsp3) is 0.652. The maximum absolute atomic E-state index is 12.1. The summed E-state index contributed by atoms with van der Waals surface area (Å²) in [6.45, 7) is 3.16. The van der Waals surface area contributed by atoms with Gasteiger partial charge in [0.1, 0.15) is 5.75 Å². The van der Waals surface area contributed by atoms with Gasteiger partial charge in [-0.3, -0.25) is 9.79 Å². The van der Waals surface area contributed by atoms with Gasteiger partial charge < -0.3 is 25.6 Å². The number of carbonyl (C=O) groups is 1. The van der Waals surface area contributed by atoms with E-state index in [1.165, 1.54) is 32.1 Å². The lowest BCUT2D eigenvalue weighted by Gasteiger charge is -2.22. The predicted molar refractivity (Wildman–Crippen MR) is 138 cm³/mol. The van der Waals surface area contributed by atoms with Crippen molar-refractivity contribution in [3.63, 3.8) is 0 Å². The van der Waals surface area contributed by atoms with E-state index in [1.807, 2.05) is 18.2 Å². The van der Waals surface area contributed by atoms with Crippen LogP contribution in [-0.2, 0) is 4.79 Å². The van der Waals surface area contributed by atoms with Crippen LogP contribution in [0, 0.1) is 5.92 Å². The van der Waals surface area contributed by atoms with Crippen LogP contribution in [-0.4, -0.2) is 58.2 Å². The number of carbonyl (C=O) groups excluding carboxylic acids is 1. The van der Waals surface area contributed by atoms with Crippen LogP contribution in [0.4, 0.5) is 5.69 Å². The Labute approximate surface area is 203 Å². The molecule has 7 nitrogen and oxygen atoms in total. The van der Waals surface area contributed by atoms with Crippen molar-refractivity contribution >= 4 is 41.5 Å². The highest BCUT2D eigenvalue weighted by Crippen LogP contribution is 2.30. The van der Waals surface area contributed by atoms with Gasteiger partial charge in [0.2, 0.25) is 5.91 Å². The molecule has 174 valence electrons. The van der Waals surface area contributed by atoms with Gasteiger partial charge in [-0.1, -0.05) is 31.4 Å². The van der Waals surface area contributed by atoms with Crippen LogP contribution in [0.1, 0.15) is 44.9 Å². The first-order valence-corrected chi connectivity index (χ1v) is 11.3. The van der Waals surface area contributed by atoms with Gasteiger partial charge in [-0.25, -0.2) is 0 Å². The topological polar surface area (TPSA) is 78.0 Å². The molecular weight excluding hydrogens is 505 g/mol. The molecule has 1 heterocycles. The highest BCUT2D eigenvalue weighted by atomic mass is 127. The van der Waals surface area contributed by atoms with E-state index in [1.54, 1.807) is 14.2 Å². The molecule has 1 aromatic rings. The molecule has 1 aliphatic carbocycles. The minimum atomic E-state index is 0. The summed E-state index contributed by atoms with van der Waals surface area (Å²) < 4.78 is 5.50. The zero-order valence-corrected chi connectivity index (χ0v) is 21.2. The number of rotatable bonds is 8. The van der Waals surface area contributed by atoms with Gasteiger partial charge in [0.05, 0.1) is 12.8 Å². The van der Waals surface area contributed by atoms with E-state index in [4.69, 9.17) is 4.74 Å². The highest BCUT2D eigenvalue weighted by molar-refractivity contribution is 14.0. The number of para-hydroxylation sites is 2. The summed E-state index contributed by atoms with van der Waals surface area (Å²) in [4.78, 5) is 18.8. The van der Waals surface area contributed by atoms with E-state index in [0.29, 0.717) is 31.5 Å². The number of nitrogens with one attached hydrogen (secondary N) is 3. The predicted octanol–water partition coefficient (Wildman–Crippen LogP) is 3.14. The van der Waals surface area contributed by atoms with E-state index in [0.717, 1.165) is 36.9 Å². The molecule has 1 aliphatic heterocycles. The third kappa shape index (κ3) is 8.05. The lowest BCUT2D eigenvalue weighted by atomic mass is 9.87. The van der Waals surface area contributed by atoms with E-state index in [9.17, 15) is 4.79 Å². The van der Waals surface area contributed by atoms with Crippen LogP contribution in [0.25, 0.3) is 0 Å². The number of hydrogen-bond acceptors (Lipinski definition) is 4. The Kier molecular flexibility index (Phi) is 11.2. The van der Waals surface area contributed by atoms with Crippen LogP contribution in [0.3, 0.4) is 0 Å². The SMILES string of the molecule is CN=C(NCCNC(=O)CC1CCCCC1)NC1CCN(c2ccccc2OC)C1.I. The summed E-state index contributed by atoms with van der Waals surface area (Å²) in [5.74, 6) is 2.44. The number of ether oxygens (including phenoxy) is 1. The first-order valence-electron chi connectivity index (χ1n) is 11.3. The minimum Gasteiger partial charge on any atom is -0.495 e. The van der Waals surface area contributed by atoms with Crippen LogP contribution >= 0.6 is 24.0 Å². The van der Waals surface area contributed by atoms with Crippen LogP contribution in [0.5, 0.6) is 5.75 Å². The average molecular weight is 543 g/mol. The molecule has 1 atom stereocenters. The number of guanidine groups is 1. The minimum absolute atomic E-state index is 0. The lowest BCUT2D eigenvalue weighted by molar-refractivity contribution is -0.122. The smallest absolute Gasteiger partial charge is 0.220 e. The molecule has 1 amide bonds.